The summed E-state index contributed by atoms with van der Waals surface area (Å²) in [5.74, 6) is 0. The lowest BCUT2D eigenvalue weighted by atomic mass is 9.81. The number of hydrogen-bond donors (Lipinski definition) is 1. The van der Waals surface area contributed by atoms with E-state index in [2.05, 4.69) is 104 Å². The lowest BCUT2D eigenvalue weighted by molar-refractivity contribution is 0.661. The Morgan fingerprint density at radius 1 is 0.567 bits per heavy atom. The van der Waals surface area contributed by atoms with Crippen LogP contribution in [0.25, 0.3) is 54.5 Å². The van der Waals surface area contributed by atoms with Gasteiger partial charge in [0.15, 0.2) is 0 Å². The number of H-pyrrole nitrogens is 1. The van der Waals surface area contributed by atoms with E-state index in [-0.39, 0.29) is 5.41 Å². The van der Waals surface area contributed by atoms with Gasteiger partial charge in [0.2, 0.25) is 0 Å². The van der Waals surface area contributed by atoms with Gasteiger partial charge in [-0.1, -0.05) is 80.6 Å². The molecule has 0 fully saturated rings. The third-order valence-electron chi connectivity index (χ3n) is 7.20. The second-order valence-electron chi connectivity index (χ2n) is 9.11. The van der Waals surface area contributed by atoms with E-state index in [1.165, 1.54) is 65.6 Å². The summed E-state index contributed by atoms with van der Waals surface area (Å²) in [6.07, 6.45) is 0. The molecule has 1 aromatic heterocycles. The van der Waals surface area contributed by atoms with Crippen LogP contribution in [0.4, 0.5) is 0 Å². The van der Waals surface area contributed by atoms with E-state index < -0.39 is 0 Å². The van der Waals surface area contributed by atoms with Gasteiger partial charge in [-0.3, -0.25) is 0 Å². The number of hydrogen-bond acceptors (Lipinski definition) is 0. The summed E-state index contributed by atoms with van der Waals surface area (Å²) in [7, 11) is 0. The van der Waals surface area contributed by atoms with Crippen LogP contribution in [0.1, 0.15) is 25.0 Å². The van der Waals surface area contributed by atoms with Gasteiger partial charge in [0, 0.05) is 27.1 Å². The van der Waals surface area contributed by atoms with Gasteiger partial charge >= 0.3 is 0 Å². The molecule has 1 heteroatoms. The van der Waals surface area contributed by atoms with Crippen LogP contribution in [0, 0.1) is 0 Å². The van der Waals surface area contributed by atoms with Crippen molar-refractivity contribution in [3.8, 4) is 11.1 Å². The Labute approximate surface area is 175 Å². The van der Waals surface area contributed by atoms with E-state index >= 15 is 0 Å². The molecule has 5 aromatic carbocycles. The van der Waals surface area contributed by atoms with Crippen LogP contribution in [-0.2, 0) is 5.41 Å². The lowest BCUT2D eigenvalue weighted by Crippen LogP contribution is -2.14. The lowest BCUT2D eigenvalue weighted by Gasteiger charge is -2.22. The largest absolute Gasteiger partial charge is 0.354 e. The van der Waals surface area contributed by atoms with Crippen LogP contribution < -0.4 is 0 Å². The SMILES string of the molecule is CC1(C)c2ccccc2-c2cc3ccc4c(ccc5c6ccccc6[nH]c54)c3cc21. The molecular weight excluding hydrogens is 362 g/mol. The fraction of sp³-hybridized carbons (Fsp3) is 0.103. The van der Waals surface area contributed by atoms with Crippen molar-refractivity contribution in [2.45, 2.75) is 19.3 Å². The summed E-state index contributed by atoms with van der Waals surface area (Å²) < 4.78 is 0. The van der Waals surface area contributed by atoms with Gasteiger partial charge in [-0.2, -0.15) is 0 Å². The minimum atomic E-state index is 0.0213. The van der Waals surface area contributed by atoms with Gasteiger partial charge < -0.3 is 4.98 Å². The van der Waals surface area contributed by atoms with Gasteiger partial charge in [-0.25, -0.2) is 0 Å². The Kier molecular flexibility index (Phi) is 2.88. The van der Waals surface area contributed by atoms with E-state index in [1.54, 1.807) is 0 Å². The zero-order valence-corrected chi connectivity index (χ0v) is 17.1. The highest BCUT2D eigenvalue weighted by molar-refractivity contribution is 6.22. The summed E-state index contributed by atoms with van der Waals surface area (Å²) in [5.41, 5.74) is 8.08. The van der Waals surface area contributed by atoms with Gasteiger partial charge in [-0.05, 0) is 56.6 Å². The summed E-state index contributed by atoms with van der Waals surface area (Å²) in [6, 6.07) is 31.4. The predicted molar refractivity (Wildman–Crippen MR) is 128 cm³/mol. The van der Waals surface area contributed by atoms with Crippen LogP contribution in [0.5, 0.6) is 0 Å². The van der Waals surface area contributed by atoms with Crippen LogP contribution in [0.3, 0.4) is 0 Å². The van der Waals surface area contributed by atoms with E-state index in [0.29, 0.717) is 0 Å². The molecule has 0 unspecified atom stereocenters. The zero-order chi connectivity index (χ0) is 20.0. The molecule has 1 aliphatic carbocycles. The maximum atomic E-state index is 3.67. The highest BCUT2D eigenvalue weighted by Gasteiger charge is 2.35. The molecule has 30 heavy (non-hydrogen) atoms. The minimum Gasteiger partial charge on any atom is -0.354 e. The van der Waals surface area contributed by atoms with Crippen molar-refractivity contribution in [1.29, 1.82) is 0 Å². The van der Waals surface area contributed by atoms with E-state index in [4.69, 9.17) is 0 Å². The standard InChI is InChI=1S/C29H21N/c1-29(2)25-9-5-3-7-19(25)24-15-17-11-12-21-18(23(17)16-26(24)29)13-14-22-20-8-4-6-10-27(20)30-28(21)22/h3-16,30H,1-2H3. The average Bonchev–Trinajstić information content (AvgIpc) is 3.26. The Hall–Kier alpha value is -3.58. The van der Waals surface area contributed by atoms with Crippen molar-refractivity contribution < 1.29 is 0 Å². The van der Waals surface area contributed by atoms with E-state index in [0.717, 1.165) is 0 Å². The monoisotopic (exact) mass is 383 g/mol. The summed E-state index contributed by atoms with van der Waals surface area (Å²) in [5, 5.41) is 7.86. The van der Waals surface area contributed by atoms with Crippen molar-refractivity contribution >= 4 is 43.4 Å². The molecule has 0 radical (unpaired) electrons. The molecule has 0 saturated heterocycles. The smallest absolute Gasteiger partial charge is 0.0544 e. The van der Waals surface area contributed by atoms with Gasteiger partial charge in [0.1, 0.15) is 0 Å². The minimum absolute atomic E-state index is 0.0213. The first-order valence-electron chi connectivity index (χ1n) is 10.6. The first-order chi connectivity index (χ1) is 14.6. The molecule has 1 N–H and O–H groups in total. The fourth-order valence-corrected chi connectivity index (χ4v) is 5.66. The predicted octanol–water partition coefficient (Wildman–Crippen LogP) is 7.93. The van der Waals surface area contributed by atoms with Crippen LogP contribution in [-0.4, -0.2) is 4.98 Å². The Morgan fingerprint density at radius 3 is 2.23 bits per heavy atom. The van der Waals surface area contributed by atoms with Crippen molar-refractivity contribution in [3.63, 3.8) is 0 Å². The van der Waals surface area contributed by atoms with E-state index in [1.807, 2.05) is 0 Å². The quantitative estimate of drug-likeness (QED) is 0.256. The Morgan fingerprint density at radius 2 is 1.30 bits per heavy atom. The Bertz CT molecular complexity index is 1660. The molecule has 0 saturated carbocycles. The maximum absolute atomic E-state index is 3.67. The van der Waals surface area contributed by atoms with Gasteiger partial charge in [0.25, 0.3) is 0 Å². The molecule has 142 valence electrons. The number of rotatable bonds is 0. The fourth-order valence-electron chi connectivity index (χ4n) is 5.66. The number of para-hydroxylation sites is 1. The highest BCUT2D eigenvalue weighted by Crippen LogP contribution is 2.50. The number of aromatic amines is 1. The van der Waals surface area contributed by atoms with Crippen molar-refractivity contribution in [2.75, 3.05) is 0 Å². The van der Waals surface area contributed by atoms with Gasteiger partial charge in [0.05, 0.1) is 5.52 Å². The summed E-state index contributed by atoms with van der Waals surface area (Å²) in [6.45, 7) is 4.70. The molecule has 0 atom stereocenters. The molecule has 1 nitrogen and oxygen atoms in total. The third-order valence-corrected chi connectivity index (χ3v) is 7.20. The topological polar surface area (TPSA) is 15.8 Å². The summed E-state index contributed by atoms with van der Waals surface area (Å²) in [4.78, 5) is 3.67. The second kappa shape index (κ2) is 5.31. The number of fused-ring (bicyclic) bond motifs is 10. The van der Waals surface area contributed by atoms with Crippen LogP contribution in [0.15, 0.2) is 84.9 Å². The first kappa shape index (κ1) is 16.2. The first-order valence-corrected chi connectivity index (χ1v) is 10.6. The summed E-state index contributed by atoms with van der Waals surface area (Å²) >= 11 is 0. The molecule has 0 amide bonds. The number of benzene rings is 5. The van der Waals surface area contributed by atoms with Crippen molar-refractivity contribution in [3.05, 3.63) is 96.1 Å². The normalized spacial score (nSPS) is 14.6. The molecule has 0 bridgehead atoms. The average molecular weight is 383 g/mol. The molecule has 6 aromatic rings. The molecule has 1 heterocycles. The van der Waals surface area contributed by atoms with E-state index in [9.17, 15) is 0 Å². The van der Waals surface area contributed by atoms with Crippen molar-refractivity contribution in [1.82, 2.24) is 4.98 Å². The van der Waals surface area contributed by atoms with Crippen LogP contribution in [0.2, 0.25) is 0 Å². The number of nitrogens with one attached hydrogen (secondary N) is 1. The zero-order valence-electron chi connectivity index (χ0n) is 17.1. The Balaban J connectivity index is 1.61. The highest BCUT2D eigenvalue weighted by atomic mass is 14.7. The molecule has 7 rings (SSSR count). The molecule has 0 aliphatic heterocycles. The molecular formula is C29H21N. The van der Waals surface area contributed by atoms with Crippen molar-refractivity contribution in [2.24, 2.45) is 0 Å². The maximum Gasteiger partial charge on any atom is 0.0544 e. The third kappa shape index (κ3) is 1.88. The number of aromatic nitrogens is 1. The van der Waals surface area contributed by atoms with Crippen LogP contribution >= 0.6 is 0 Å². The second-order valence-corrected chi connectivity index (χ2v) is 9.11. The molecule has 0 spiro atoms. The molecule has 1 aliphatic rings. The van der Waals surface area contributed by atoms with Gasteiger partial charge in [-0.15, -0.1) is 0 Å².